The quantitative estimate of drug-likeness (QED) is 0.454. The first-order chi connectivity index (χ1) is 13.3. The highest BCUT2D eigenvalue weighted by Crippen LogP contribution is 2.24. The molecule has 2 N–H and O–H groups in total. The number of aromatic nitrogens is 4. The first-order valence-electron chi connectivity index (χ1n) is 8.37. The van der Waals surface area contributed by atoms with Crippen molar-refractivity contribution < 1.29 is 19.0 Å². The molecule has 1 aromatic carbocycles. The van der Waals surface area contributed by atoms with E-state index >= 15 is 0 Å². The molecule has 1 amide bonds. The van der Waals surface area contributed by atoms with Gasteiger partial charge in [0.15, 0.2) is 6.61 Å². The zero-order valence-electron chi connectivity index (χ0n) is 15.2. The number of ether oxygens (including phenoxy) is 1. The van der Waals surface area contributed by atoms with Crippen LogP contribution in [0.15, 0.2) is 34.9 Å². The number of benzene rings is 1. The Morgan fingerprint density at radius 3 is 2.71 bits per heavy atom. The SMILES string of the molecule is Cc1cc([N+](=O)[O-])nn1CC(C)c1nc(-c2ccc(OCC(N)=O)cc2)no1. The van der Waals surface area contributed by atoms with Gasteiger partial charge in [-0.2, -0.15) is 9.67 Å². The fraction of sp³-hybridized carbons (Fsp3) is 0.294. The van der Waals surface area contributed by atoms with Crippen molar-refractivity contribution in [3.05, 3.63) is 52.0 Å². The summed E-state index contributed by atoms with van der Waals surface area (Å²) in [4.78, 5) is 25.4. The Morgan fingerprint density at radius 1 is 1.39 bits per heavy atom. The van der Waals surface area contributed by atoms with Crippen LogP contribution in [-0.2, 0) is 11.3 Å². The number of carbonyl (C=O) groups is 1. The Bertz CT molecular complexity index is 994. The molecule has 11 nitrogen and oxygen atoms in total. The highest BCUT2D eigenvalue weighted by atomic mass is 16.6. The number of nitrogens with two attached hydrogens (primary N) is 1. The van der Waals surface area contributed by atoms with Gasteiger partial charge in [-0.05, 0) is 36.1 Å². The smallest absolute Gasteiger partial charge is 0.390 e. The summed E-state index contributed by atoms with van der Waals surface area (Å²) >= 11 is 0. The lowest BCUT2D eigenvalue weighted by Gasteiger charge is -2.05. The van der Waals surface area contributed by atoms with Gasteiger partial charge in [-0.25, -0.2) is 0 Å². The van der Waals surface area contributed by atoms with Crippen LogP contribution >= 0.6 is 0 Å². The van der Waals surface area contributed by atoms with Gasteiger partial charge in [0.2, 0.25) is 11.7 Å². The molecule has 0 aliphatic carbocycles. The molecule has 0 saturated heterocycles. The number of nitro groups is 1. The Morgan fingerprint density at radius 2 is 2.11 bits per heavy atom. The minimum Gasteiger partial charge on any atom is -0.484 e. The molecule has 1 unspecified atom stereocenters. The van der Waals surface area contributed by atoms with E-state index in [0.717, 1.165) is 0 Å². The molecule has 28 heavy (non-hydrogen) atoms. The minimum absolute atomic E-state index is 0.197. The van der Waals surface area contributed by atoms with Crippen molar-refractivity contribution in [3.8, 4) is 17.1 Å². The third-order valence-electron chi connectivity index (χ3n) is 3.96. The van der Waals surface area contributed by atoms with Crippen molar-refractivity contribution in [2.24, 2.45) is 5.73 Å². The maximum atomic E-state index is 10.8. The summed E-state index contributed by atoms with van der Waals surface area (Å²) < 4.78 is 12.1. The molecular weight excluding hydrogens is 368 g/mol. The van der Waals surface area contributed by atoms with Crippen LogP contribution in [0.1, 0.15) is 24.4 Å². The fourth-order valence-corrected chi connectivity index (χ4v) is 2.51. The molecule has 11 heteroatoms. The van der Waals surface area contributed by atoms with Gasteiger partial charge in [-0.15, -0.1) is 0 Å². The highest BCUT2D eigenvalue weighted by Gasteiger charge is 2.21. The van der Waals surface area contributed by atoms with Crippen LogP contribution in [0, 0.1) is 17.0 Å². The molecule has 2 aromatic heterocycles. The summed E-state index contributed by atoms with van der Waals surface area (Å²) in [6.07, 6.45) is 0. The molecule has 3 rings (SSSR count). The Hall–Kier alpha value is -3.76. The third-order valence-corrected chi connectivity index (χ3v) is 3.96. The molecule has 0 spiro atoms. The monoisotopic (exact) mass is 386 g/mol. The molecule has 2 heterocycles. The molecule has 0 saturated carbocycles. The average molecular weight is 386 g/mol. The predicted molar refractivity (Wildman–Crippen MR) is 96.5 cm³/mol. The number of carbonyl (C=O) groups excluding carboxylic acids is 1. The molecule has 0 aliphatic heterocycles. The topological polar surface area (TPSA) is 152 Å². The molecular formula is C17H18N6O5. The van der Waals surface area contributed by atoms with Crippen LogP contribution in [-0.4, -0.2) is 37.4 Å². The number of aryl methyl sites for hydroxylation is 1. The van der Waals surface area contributed by atoms with E-state index in [1.165, 1.54) is 10.7 Å². The molecule has 0 radical (unpaired) electrons. The Kier molecular flexibility index (Phi) is 5.34. The number of amides is 1. The van der Waals surface area contributed by atoms with Crippen molar-refractivity contribution in [3.63, 3.8) is 0 Å². The van der Waals surface area contributed by atoms with Crippen LogP contribution in [0.2, 0.25) is 0 Å². The van der Waals surface area contributed by atoms with Crippen LogP contribution in [0.25, 0.3) is 11.4 Å². The summed E-state index contributed by atoms with van der Waals surface area (Å²) in [5.41, 5.74) is 6.42. The van der Waals surface area contributed by atoms with Gasteiger partial charge in [0.05, 0.1) is 29.3 Å². The van der Waals surface area contributed by atoms with Crippen molar-refractivity contribution >= 4 is 11.7 Å². The maximum absolute atomic E-state index is 10.8. The first-order valence-corrected chi connectivity index (χ1v) is 8.37. The zero-order valence-corrected chi connectivity index (χ0v) is 15.2. The second kappa shape index (κ2) is 7.86. The van der Waals surface area contributed by atoms with Gasteiger partial charge < -0.3 is 25.1 Å². The largest absolute Gasteiger partial charge is 0.484 e. The minimum atomic E-state index is -0.557. The van der Waals surface area contributed by atoms with Gasteiger partial charge in [0, 0.05) is 5.56 Å². The lowest BCUT2D eigenvalue weighted by atomic mass is 10.1. The molecule has 0 aliphatic rings. The Balaban J connectivity index is 1.69. The maximum Gasteiger partial charge on any atom is 0.390 e. The normalized spacial score (nSPS) is 11.9. The van der Waals surface area contributed by atoms with Crippen LogP contribution < -0.4 is 10.5 Å². The average Bonchev–Trinajstić information content (AvgIpc) is 3.28. The van der Waals surface area contributed by atoms with Crippen LogP contribution in [0.4, 0.5) is 5.82 Å². The van der Waals surface area contributed by atoms with E-state index in [9.17, 15) is 14.9 Å². The van der Waals surface area contributed by atoms with Crippen molar-refractivity contribution in [1.82, 2.24) is 19.9 Å². The van der Waals surface area contributed by atoms with Gasteiger partial charge in [0.25, 0.3) is 5.91 Å². The number of rotatable bonds is 8. The summed E-state index contributed by atoms with van der Waals surface area (Å²) in [6.45, 7) is 3.77. The number of nitrogens with zero attached hydrogens (tertiary/aromatic N) is 5. The third kappa shape index (κ3) is 4.31. The van der Waals surface area contributed by atoms with Crippen LogP contribution in [0.5, 0.6) is 5.75 Å². The molecule has 3 aromatic rings. The van der Waals surface area contributed by atoms with E-state index in [2.05, 4.69) is 15.2 Å². The van der Waals surface area contributed by atoms with Crippen molar-refractivity contribution in [2.45, 2.75) is 26.3 Å². The van der Waals surface area contributed by atoms with Crippen LogP contribution in [0.3, 0.4) is 0 Å². The number of hydrogen-bond donors (Lipinski definition) is 1. The molecule has 0 fully saturated rings. The zero-order chi connectivity index (χ0) is 20.3. The van der Waals surface area contributed by atoms with Crippen molar-refractivity contribution in [1.29, 1.82) is 0 Å². The molecule has 146 valence electrons. The van der Waals surface area contributed by atoms with E-state index in [0.29, 0.717) is 35.3 Å². The predicted octanol–water partition coefficient (Wildman–Crippen LogP) is 1.82. The fourth-order valence-electron chi connectivity index (χ4n) is 2.51. The number of hydrogen-bond acceptors (Lipinski definition) is 8. The second-order valence-electron chi connectivity index (χ2n) is 6.22. The van der Waals surface area contributed by atoms with Gasteiger partial charge >= 0.3 is 5.82 Å². The highest BCUT2D eigenvalue weighted by molar-refractivity contribution is 5.75. The first kappa shape index (κ1) is 19.0. The summed E-state index contributed by atoms with van der Waals surface area (Å²) in [6, 6.07) is 8.22. The van der Waals surface area contributed by atoms with Crippen molar-refractivity contribution in [2.75, 3.05) is 6.61 Å². The van der Waals surface area contributed by atoms with E-state index < -0.39 is 10.8 Å². The lowest BCUT2D eigenvalue weighted by Crippen LogP contribution is -2.19. The van der Waals surface area contributed by atoms with Gasteiger partial charge in [0.1, 0.15) is 5.75 Å². The van der Waals surface area contributed by atoms with E-state index in [1.807, 2.05) is 6.92 Å². The van der Waals surface area contributed by atoms with Gasteiger partial charge in [-0.3, -0.25) is 4.79 Å². The summed E-state index contributed by atoms with van der Waals surface area (Å²) in [7, 11) is 0. The van der Waals surface area contributed by atoms with E-state index in [1.54, 1.807) is 31.2 Å². The summed E-state index contributed by atoms with van der Waals surface area (Å²) in [5, 5.41) is 18.8. The lowest BCUT2D eigenvalue weighted by molar-refractivity contribution is -0.389. The van der Waals surface area contributed by atoms with E-state index in [-0.39, 0.29) is 18.3 Å². The summed E-state index contributed by atoms with van der Waals surface area (Å²) in [5.74, 6) is 0.328. The number of primary amides is 1. The van der Waals surface area contributed by atoms with Gasteiger partial charge in [-0.1, -0.05) is 12.1 Å². The second-order valence-corrected chi connectivity index (χ2v) is 6.22. The standard InChI is InChI=1S/C17H18N6O5/c1-10(8-22-11(2)7-15(20-22)23(25)26)17-19-16(21-28-17)12-3-5-13(6-4-12)27-9-14(18)24/h3-7,10H,8-9H2,1-2H3,(H2,18,24). The van der Waals surface area contributed by atoms with E-state index in [4.69, 9.17) is 15.0 Å². The Labute approximate surface area is 159 Å². The molecule has 0 bridgehead atoms. The molecule has 1 atom stereocenters.